The molecular weight excluding hydrogens is 512 g/mol. The van der Waals surface area contributed by atoms with Gasteiger partial charge in [0.15, 0.2) is 5.72 Å². The number of halogens is 1. The number of nitrogens with zero attached hydrogens (tertiary/aromatic N) is 1. The van der Waals surface area contributed by atoms with E-state index in [1.807, 2.05) is 39.0 Å². The van der Waals surface area contributed by atoms with Gasteiger partial charge in [-0.15, -0.1) is 0 Å². The zero-order chi connectivity index (χ0) is 27.8. The van der Waals surface area contributed by atoms with Crippen LogP contribution in [0.5, 0.6) is 5.75 Å². The fraction of sp³-hybridized carbons (Fsp3) is 0.571. The van der Waals surface area contributed by atoms with Gasteiger partial charge in [-0.1, -0.05) is 42.3 Å². The SMILES string of the molecule is COc1cc2cc(c1Cl)N(C)C(=O)CCC1(C)O[C@H]1[C@H](C)C1CC(O)(NC(=O)O1)[C@H](OC)/C=C\C=C(\C)C2. The Morgan fingerprint density at radius 3 is 2.68 bits per heavy atom. The summed E-state index contributed by atoms with van der Waals surface area (Å²) in [6, 6.07) is 3.76. The maximum absolute atomic E-state index is 13.2. The number of benzene rings is 1. The first-order valence-electron chi connectivity index (χ1n) is 12.8. The number of methoxy groups -OCH3 is 2. The maximum Gasteiger partial charge on any atom is 0.409 e. The molecule has 9 nitrogen and oxygen atoms in total. The number of ether oxygens (including phenoxy) is 4. The smallest absolute Gasteiger partial charge is 0.409 e. The highest BCUT2D eigenvalue weighted by Crippen LogP contribution is 2.48. The van der Waals surface area contributed by atoms with Crippen LogP contribution in [0.4, 0.5) is 10.5 Å². The molecule has 0 aliphatic carbocycles. The number of amides is 2. The maximum atomic E-state index is 13.2. The third-order valence-corrected chi connectivity index (χ3v) is 8.22. The Bertz CT molecular complexity index is 1150. The molecule has 0 aromatic heterocycles. The van der Waals surface area contributed by atoms with Crippen molar-refractivity contribution in [3.05, 3.63) is 46.5 Å². The molecule has 38 heavy (non-hydrogen) atoms. The lowest BCUT2D eigenvalue weighted by molar-refractivity contribution is -0.142. The second-order valence-corrected chi connectivity index (χ2v) is 11.1. The highest BCUT2D eigenvalue weighted by atomic mass is 35.5. The molecule has 1 aromatic carbocycles. The van der Waals surface area contributed by atoms with E-state index in [4.69, 9.17) is 30.5 Å². The van der Waals surface area contributed by atoms with Gasteiger partial charge in [-0.25, -0.2) is 4.79 Å². The summed E-state index contributed by atoms with van der Waals surface area (Å²) in [4.78, 5) is 27.2. The molecule has 1 aromatic rings. The summed E-state index contributed by atoms with van der Waals surface area (Å²) in [6.45, 7) is 5.85. The van der Waals surface area contributed by atoms with Gasteiger partial charge in [0.05, 0.1) is 24.5 Å². The minimum atomic E-state index is -1.66. The van der Waals surface area contributed by atoms with Crippen LogP contribution in [0.15, 0.2) is 35.9 Å². The molecule has 4 rings (SSSR count). The number of aliphatic hydroxyl groups is 1. The Morgan fingerprint density at radius 2 is 2.00 bits per heavy atom. The lowest BCUT2D eigenvalue weighted by atomic mass is 9.84. The van der Waals surface area contributed by atoms with Gasteiger partial charge in [0.2, 0.25) is 5.91 Å². The quantitative estimate of drug-likeness (QED) is 0.534. The number of fused-ring (bicyclic) bond motifs is 5. The van der Waals surface area contributed by atoms with Crippen LogP contribution in [0, 0.1) is 5.92 Å². The van der Waals surface area contributed by atoms with E-state index in [0.29, 0.717) is 29.3 Å². The summed E-state index contributed by atoms with van der Waals surface area (Å²) >= 11 is 6.61. The van der Waals surface area contributed by atoms with E-state index in [1.54, 1.807) is 31.2 Å². The van der Waals surface area contributed by atoms with E-state index in [9.17, 15) is 14.7 Å². The van der Waals surface area contributed by atoms with E-state index in [1.165, 1.54) is 7.11 Å². The number of alkyl carbamates (subject to hydrolysis) is 1. The first kappa shape index (κ1) is 28.4. The van der Waals surface area contributed by atoms with Crippen molar-refractivity contribution in [1.29, 1.82) is 0 Å². The Labute approximate surface area is 228 Å². The van der Waals surface area contributed by atoms with Crippen molar-refractivity contribution in [2.75, 3.05) is 26.2 Å². The fourth-order valence-electron chi connectivity index (χ4n) is 5.46. The van der Waals surface area contributed by atoms with Gasteiger partial charge < -0.3 is 29.0 Å². The Hall–Kier alpha value is -2.59. The predicted octanol–water partition coefficient (Wildman–Crippen LogP) is 4.15. The van der Waals surface area contributed by atoms with E-state index in [0.717, 1.165) is 11.1 Å². The third kappa shape index (κ3) is 5.71. The molecule has 208 valence electrons. The van der Waals surface area contributed by atoms with Crippen LogP contribution in [0.3, 0.4) is 0 Å². The number of hydrogen-bond donors (Lipinski definition) is 2. The summed E-state index contributed by atoms with van der Waals surface area (Å²) in [5.41, 5.74) is 0.297. The lowest BCUT2D eigenvalue weighted by Crippen LogP contribution is -2.63. The molecule has 3 heterocycles. The zero-order valence-electron chi connectivity index (χ0n) is 22.7. The molecule has 4 bridgehead atoms. The van der Waals surface area contributed by atoms with Gasteiger partial charge in [0, 0.05) is 32.9 Å². The van der Waals surface area contributed by atoms with E-state index in [2.05, 4.69) is 5.32 Å². The molecule has 0 saturated carbocycles. The lowest BCUT2D eigenvalue weighted by Gasteiger charge is -2.42. The molecule has 0 radical (unpaired) electrons. The van der Waals surface area contributed by atoms with Gasteiger partial charge in [-0.3, -0.25) is 10.1 Å². The van der Waals surface area contributed by atoms with Crippen LogP contribution in [0.1, 0.15) is 45.6 Å². The highest BCUT2D eigenvalue weighted by molar-refractivity contribution is 6.35. The second-order valence-electron chi connectivity index (χ2n) is 10.7. The number of nitrogens with one attached hydrogen (secondary N) is 1. The molecule has 10 heteroatoms. The van der Waals surface area contributed by atoms with Crippen molar-refractivity contribution in [2.45, 2.75) is 76.1 Å². The summed E-state index contributed by atoms with van der Waals surface area (Å²) in [7, 11) is 4.73. The van der Waals surface area contributed by atoms with Crippen molar-refractivity contribution in [2.24, 2.45) is 5.92 Å². The van der Waals surface area contributed by atoms with Gasteiger partial charge in [-0.2, -0.15) is 0 Å². The normalized spacial score (nSPS) is 36.3. The first-order chi connectivity index (χ1) is 17.9. The topological polar surface area (TPSA) is 110 Å². The van der Waals surface area contributed by atoms with Crippen LogP contribution in [-0.4, -0.2) is 68.0 Å². The summed E-state index contributed by atoms with van der Waals surface area (Å²) < 4.78 is 22.7. The standard InChI is InChI=1S/C28H37ClN2O7/c1-16-8-7-9-22(36-6)28(34)15-21(37-26(33)30-28)17(2)25-27(3,38-25)11-10-23(32)31(4)19-13-18(12-16)14-20(35-5)24(19)29/h7-9,13-14,17,21-22,25,34H,10-12,15H2,1-6H3,(H,30,33)/b9-7-,16-8-/t17-,21?,22-,25+,27?,28?/m1/s1. The molecule has 6 atom stereocenters. The van der Waals surface area contributed by atoms with Gasteiger partial charge >= 0.3 is 6.09 Å². The number of hydrogen-bond acceptors (Lipinski definition) is 7. The van der Waals surface area contributed by atoms with Crippen molar-refractivity contribution >= 4 is 29.3 Å². The van der Waals surface area contributed by atoms with Crippen LogP contribution in [-0.2, 0) is 25.4 Å². The van der Waals surface area contributed by atoms with Crippen LogP contribution >= 0.6 is 11.6 Å². The average Bonchev–Trinajstić information content (AvgIpc) is 3.55. The summed E-state index contributed by atoms with van der Waals surface area (Å²) in [5.74, 6) is 0.170. The van der Waals surface area contributed by atoms with Crippen molar-refractivity contribution < 1.29 is 33.6 Å². The molecule has 3 unspecified atom stereocenters. The third-order valence-electron chi connectivity index (χ3n) is 7.84. The minimum absolute atomic E-state index is 0.104. The number of allylic oxidation sites excluding steroid dienone is 3. The predicted molar refractivity (Wildman–Crippen MR) is 143 cm³/mol. The Balaban J connectivity index is 1.71. The largest absolute Gasteiger partial charge is 0.495 e. The second kappa shape index (κ2) is 10.9. The minimum Gasteiger partial charge on any atom is -0.495 e. The molecule has 3 aliphatic heterocycles. The van der Waals surface area contributed by atoms with E-state index < -0.39 is 29.6 Å². The Morgan fingerprint density at radius 1 is 1.26 bits per heavy atom. The fourth-order valence-corrected chi connectivity index (χ4v) is 5.78. The number of carbonyl (C=O) groups is 2. The van der Waals surface area contributed by atoms with Crippen molar-refractivity contribution in [3.63, 3.8) is 0 Å². The van der Waals surface area contributed by atoms with Crippen LogP contribution in [0.2, 0.25) is 5.02 Å². The zero-order valence-corrected chi connectivity index (χ0v) is 23.5. The first-order valence-corrected chi connectivity index (χ1v) is 13.2. The molecule has 2 saturated heterocycles. The average molecular weight is 549 g/mol. The highest BCUT2D eigenvalue weighted by Gasteiger charge is 2.58. The molecule has 3 aliphatic rings. The number of carbonyl (C=O) groups excluding carboxylic acids is 2. The number of rotatable bonds is 2. The van der Waals surface area contributed by atoms with Gasteiger partial charge in [-0.05, 0) is 44.4 Å². The van der Waals surface area contributed by atoms with Crippen molar-refractivity contribution in [3.8, 4) is 5.75 Å². The van der Waals surface area contributed by atoms with E-state index >= 15 is 0 Å². The number of anilines is 1. The van der Waals surface area contributed by atoms with Crippen molar-refractivity contribution in [1.82, 2.24) is 5.32 Å². The monoisotopic (exact) mass is 548 g/mol. The number of epoxide rings is 1. The van der Waals surface area contributed by atoms with E-state index in [-0.39, 0.29) is 30.8 Å². The molecule has 2 N–H and O–H groups in total. The van der Waals surface area contributed by atoms with Crippen LogP contribution in [0.25, 0.3) is 0 Å². The molecule has 2 amide bonds. The van der Waals surface area contributed by atoms with Gasteiger partial charge in [0.1, 0.15) is 23.0 Å². The summed E-state index contributed by atoms with van der Waals surface area (Å²) in [5, 5.41) is 14.3. The Kier molecular flexibility index (Phi) is 8.14. The van der Waals surface area contributed by atoms with Crippen LogP contribution < -0.4 is 15.0 Å². The molecular formula is C28H37ClN2O7. The molecule has 0 spiro atoms. The molecule has 2 fully saturated rings. The van der Waals surface area contributed by atoms with Gasteiger partial charge in [0.25, 0.3) is 0 Å². The summed E-state index contributed by atoms with van der Waals surface area (Å²) in [6.07, 6.45) is 4.46.